The number of carbonyl (C=O) groups excluding carboxylic acids is 3. The summed E-state index contributed by atoms with van der Waals surface area (Å²) in [5, 5.41) is 3.16. The minimum absolute atomic E-state index is 0.0690. The smallest absolute Gasteiger partial charge is 0.251 e. The highest BCUT2D eigenvalue weighted by molar-refractivity contribution is 7.14. The van der Waals surface area contributed by atoms with E-state index in [2.05, 4.69) is 33.1 Å². The van der Waals surface area contributed by atoms with Crippen LogP contribution in [0.1, 0.15) is 30.6 Å². The number of aromatic nitrogens is 1. The van der Waals surface area contributed by atoms with Crippen molar-refractivity contribution in [3.63, 3.8) is 0 Å². The van der Waals surface area contributed by atoms with Crippen LogP contribution < -0.4 is 10.2 Å². The zero-order chi connectivity index (χ0) is 28.6. The fraction of sp³-hybridized carbons (Fsp3) is 0.517. The lowest BCUT2D eigenvalue weighted by Gasteiger charge is -2.31. The predicted octanol–water partition coefficient (Wildman–Crippen LogP) is 2.27. The summed E-state index contributed by atoms with van der Waals surface area (Å²) < 4.78 is 20.4. The Morgan fingerprint density at radius 1 is 1.25 bits per heavy atom. The van der Waals surface area contributed by atoms with Crippen molar-refractivity contribution in [2.24, 2.45) is 11.8 Å². The maximum Gasteiger partial charge on any atom is 0.251 e. The number of likely N-dealkylation sites (tertiary alicyclic amines) is 1. The molecule has 3 fully saturated rings. The third kappa shape index (κ3) is 5.36. The highest BCUT2D eigenvalue weighted by Crippen LogP contribution is 2.34. The van der Waals surface area contributed by atoms with E-state index < -0.39 is 24.1 Å². The van der Waals surface area contributed by atoms with E-state index in [0.29, 0.717) is 22.7 Å². The molecule has 2 aromatic rings. The maximum absolute atomic E-state index is 14.8. The molecule has 0 bridgehead atoms. The average Bonchev–Trinajstić information content (AvgIpc) is 3.66. The second-order valence-electron chi connectivity index (χ2n) is 10.8. The van der Waals surface area contributed by atoms with Gasteiger partial charge in [0.1, 0.15) is 30.5 Å². The Balaban J connectivity index is 1.30. The first kappa shape index (κ1) is 28.2. The van der Waals surface area contributed by atoms with Crippen molar-refractivity contribution in [3.8, 4) is 23.6 Å². The third-order valence-corrected chi connectivity index (χ3v) is 9.12. The summed E-state index contributed by atoms with van der Waals surface area (Å²) in [4.78, 5) is 49.8. The fourth-order valence-corrected chi connectivity index (χ4v) is 6.37. The van der Waals surface area contributed by atoms with Gasteiger partial charge in [-0.3, -0.25) is 14.4 Å². The average molecular weight is 568 g/mol. The summed E-state index contributed by atoms with van der Waals surface area (Å²) in [5.74, 6) is 1.14. The number of thiazole rings is 1. The quantitative estimate of drug-likeness (QED) is 0.513. The number of piperazine rings is 1. The molecule has 1 aromatic heterocycles. The SMILES string of the molecule is C#CC1CN(C(=O)C(NC(=O)c2ccc(-c3nc(N4CCN(C)CC4)sc3F)cc2)C(C)CC)C2C(=O)COC12. The van der Waals surface area contributed by atoms with Crippen LogP contribution in [0.15, 0.2) is 24.3 Å². The number of benzene rings is 1. The Morgan fingerprint density at radius 3 is 2.60 bits per heavy atom. The molecule has 212 valence electrons. The van der Waals surface area contributed by atoms with Crippen LogP contribution in [-0.2, 0) is 14.3 Å². The van der Waals surface area contributed by atoms with Gasteiger partial charge in [-0.1, -0.05) is 49.7 Å². The number of hydrogen-bond donors (Lipinski definition) is 1. The van der Waals surface area contributed by atoms with E-state index in [4.69, 9.17) is 11.2 Å². The van der Waals surface area contributed by atoms with E-state index in [1.165, 1.54) is 4.90 Å². The second-order valence-corrected chi connectivity index (χ2v) is 11.7. The molecule has 0 radical (unpaired) electrons. The first-order chi connectivity index (χ1) is 19.2. The topological polar surface area (TPSA) is 95.1 Å². The number of hydrogen-bond acceptors (Lipinski definition) is 8. The number of fused-ring (bicyclic) bond motifs is 1. The number of amides is 2. The molecule has 2 amide bonds. The minimum Gasteiger partial charge on any atom is -0.366 e. The van der Waals surface area contributed by atoms with Gasteiger partial charge in [-0.2, -0.15) is 4.39 Å². The molecule has 1 aromatic carbocycles. The van der Waals surface area contributed by atoms with Crippen LogP contribution in [0.2, 0.25) is 0 Å². The van der Waals surface area contributed by atoms with Crippen molar-refractivity contribution in [1.29, 1.82) is 0 Å². The number of rotatable bonds is 7. The summed E-state index contributed by atoms with van der Waals surface area (Å²) in [6.07, 6.45) is 5.77. The highest BCUT2D eigenvalue weighted by atomic mass is 32.1. The molecule has 3 saturated heterocycles. The number of ketones is 1. The molecule has 3 aliphatic rings. The molecule has 5 atom stereocenters. The first-order valence-electron chi connectivity index (χ1n) is 13.6. The van der Waals surface area contributed by atoms with Gasteiger partial charge in [0.25, 0.3) is 5.91 Å². The molecule has 0 saturated carbocycles. The van der Waals surface area contributed by atoms with Crippen molar-refractivity contribution in [2.45, 2.75) is 38.5 Å². The zero-order valence-electron chi connectivity index (χ0n) is 22.9. The molecule has 40 heavy (non-hydrogen) atoms. The van der Waals surface area contributed by atoms with Gasteiger partial charge in [0, 0.05) is 43.9 Å². The van der Waals surface area contributed by atoms with Crippen molar-refractivity contribution in [3.05, 3.63) is 35.0 Å². The van der Waals surface area contributed by atoms with Gasteiger partial charge in [-0.15, -0.1) is 6.42 Å². The van der Waals surface area contributed by atoms with Crippen molar-refractivity contribution in [2.75, 3.05) is 51.3 Å². The number of anilines is 1. The Kier molecular flexibility index (Phi) is 8.21. The molecule has 5 rings (SSSR count). The second kappa shape index (κ2) is 11.6. The number of terminal acetylenes is 1. The normalized spacial score (nSPS) is 24.5. The van der Waals surface area contributed by atoms with Crippen LogP contribution in [0, 0.1) is 29.3 Å². The molecule has 5 unspecified atom stereocenters. The van der Waals surface area contributed by atoms with Gasteiger partial charge < -0.3 is 24.8 Å². The Morgan fingerprint density at radius 2 is 1.95 bits per heavy atom. The number of nitrogens with zero attached hydrogens (tertiary/aromatic N) is 4. The molecule has 9 nitrogen and oxygen atoms in total. The number of halogens is 1. The number of Topliss-reactive ketones (excluding diaryl/α,β-unsaturated/α-hetero) is 1. The van der Waals surface area contributed by atoms with Gasteiger partial charge in [0.2, 0.25) is 11.0 Å². The lowest BCUT2D eigenvalue weighted by Crippen LogP contribution is -2.54. The molecule has 0 aliphatic carbocycles. The van der Waals surface area contributed by atoms with Crippen LogP contribution in [0.5, 0.6) is 0 Å². The van der Waals surface area contributed by atoms with Crippen LogP contribution >= 0.6 is 11.3 Å². The Bertz CT molecular complexity index is 1320. The van der Waals surface area contributed by atoms with Gasteiger partial charge in [0.15, 0.2) is 10.9 Å². The molecule has 11 heteroatoms. The molecule has 1 N–H and O–H groups in total. The standard InChI is InChI=1S/C29H34FN5O4S/c1-5-17(3)22(28(38)35-15-18(6-2)25-24(35)21(36)16-39-25)31-27(37)20-9-7-19(8-10-20)23-26(30)40-29(32-23)34-13-11-33(4)12-14-34/h2,7-10,17-18,22,24-25H,5,11-16H2,1,3-4H3,(H,31,37). The Hall–Kier alpha value is -3.33. The van der Waals surface area contributed by atoms with Gasteiger partial charge in [-0.25, -0.2) is 4.98 Å². The lowest BCUT2D eigenvalue weighted by atomic mass is 9.96. The van der Waals surface area contributed by atoms with Crippen molar-refractivity contribution >= 4 is 34.1 Å². The van der Waals surface area contributed by atoms with Gasteiger partial charge in [-0.05, 0) is 25.1 Å². The molecule has 4 heterocycles. The minimum atomic E-state index is -0.843. The summed E-state index contributed by atoms with van der Waals surface area (Å²) >= 11 is 1.03. The van der Waals surface area contributed by atoms with Crippen LogP contribution in [-0.4, -0.2) is 96.9 Å². The summed E-state index contributed by atoms with van der Waals surface area (Å²) in [5.41, 5.74) is 1.16. The summed E-state index contributed by atoms with van der Waals surface area (Å²) in [7, 11) is 2.06. The predicted molar refractivity (Wildman–Crippen MR) is 150 cm³/mol. The third-order valence-electron chi connectivity index (χ3n) is 8.22. The molecule has 3 aliphatic heterocycles. The van der Waals surface area contributed by atoms with E-state index in [9.17, 15) is 18.8 Å². The molecular weight excluding hydrogens is 533 g/mol. The molecular formula is C29H34FN5O4S. The van der Waals surface area contributed by atoms with E-state index in [-0.39, 0.29) is 47.5 Å². The Labute approximate surface area is 237 Å². The monoisotopic (exact) mass is 567 g/mol. The van der Waals surface area contributed by atoms with E-state index in [1.807, 2.05) is 13.8 Å². The van der Waals surface area contributed by atoms with Crippen LogP contribution in [0.3, 0.4) is 0 Å². The van der Waals surface area contributed by atoms with E-state index in [1.54, 1.807) is 24.3 Å². The first-order valence-corrected chi connectivity index (χ1v) is 14.5. The maximum atomic E-state index is 14.8. The van der Waals surface area contributed by atoms with Crippen LogP contribution in [0.25, 0.3) is 11.3 Å². The summed E-state index contributed by atoms with van der Waals surface area (Å²) in [6, 6.07) is 4.97. The largest absolute Gasteiger partial charge is 0.366 e. The fourth-order valence-electron chi connectivity index (χ4n) is 5.50. The van der Waals surface area contributed by atoms with Gasteiger partial charge >= 0.3 is 0 Å². The van der Waals surface area contributed by atoms with Gasteiger partial charge in [0.05, 0.1) is 5.92 Å². The zero-order valence-corrected chi connectivity index (χ0v) is 23.7. The number of nitrogens with one attached hydrogen (secondary N) is 1. The lowest BCUT2D eigenvalue weighted by molar-refractivity contribution is -0.139. The van der Waals surface area contributed by atoms with E-state index in [0.717, 1.165) is 37.5 Å². The van der Waals surface area contributed by atoms with Crippen LogP contribution in [0.4, 0.5) is 9.52 Å². The van der Waals surface area contributed by atoms with Crippen molar-refractivity contribution < 1.29 is 23.5 Å². The van der Waals surface area contributed by atoms with E-state index >= 15 is 0 Å². The molecule has 0 spiro atoms. The highest BCUT2D eigenvalue weighted by Gasteiger charge is 2.53. The summed E-state index contributed by atoms with van der Waals surface area (Å²) in [6.45, 7) is 7.34. The number of likely N-dealkylation sites (N-methyl/N-ethyl adjacent to an activating group) is 1. The number of ether oxygens (including phenoxy) is 1. The number of carbonyl (C=O) groups is 3. The van der Waals surface area contributed by atoms with Crippen molar-refractivity contribution in [1.82, 2.24) is 20.1 Å².